The Labute approximate surface area is 282 Å². The molecule has 8 nitrogen and oxygen atoms in total. The summed E-state index contributed by atoms with van der Waals surface area (Å²) in [5.74, 6) is 1.30. The molecular weight excluding hydrogens is 631 g/mol. The normalized spacial score (nSPS) is 21.1. The van der Waals surface area contributed by atoms with E-state index >= 15 is 4.57 Å². The van der Waals surface area contributed by atoms with E-state index in [1.807, 2.05) is 47.3 Å². The Bertz CT molecular complexity index is 1730. The Kier molecular flexibility index (Phi) is 10.3. The average molecular weight is 679 g/mol. The number of rotatable bonds is 11. The minimum Gasteiger partial charge on any atom is -0.477 e. The molecule has 1 aliphatic heterocycles. The van der Waals surface area contributed by atoms with Crippen LogP contribution in [0.15, 0.2) is 53.1 Å². The van der Waals surface area contributed by atoms with Crippen LogP contribution in [-0.2, 0) is 13.8 Å². The summed E-state index contributed by atoms with van der Waals surface area (Å²) in [6.45, 7) is 10.0. The molecule has 3 aromatic heterocycles. The van der Waals surface area contributed by atoms with Gasteiger partial charge in [0.2, 0.25) is 0 Å². The maximum absolute atomic E-state index is 15.0. The molecule has 1 saturated heterocycles. The summed E-state index contributed by atoms with van der Waals surface area (Å²) in [5.41, 5.74) is 4.93. The van der Waals surface area contributed by atoms with Crippen LogP contribution in [0.1, 0.15) is 93.8 Å². The number of ether oxygens (including phenoxy) is 1. The fraction of sp³-hybridized carbons (Fsp3) is 0.514. The molecule has 4 heterocycles. The molecule has 0 radical (unpaired) electrons. The summed E-state index contributed by atoms with van der Waals surface area (Å²) < 4.78 is 34.8. The van der Waals surface area contributed by atoms with Crippen molar-refractivity contribution in [2.45, 2.75) is 90.3 Å². The smallest absolute Gasteiger partial charge is 0.348 e. The molecule has 1 N–H and O–H groups in total. The fourth-order valence-electron chi connectivity index (χ4n) is 7.32. The molecule has 1 aliphatic carbocycles. The van der Waals surface area contributed by atoms with Gasteiger partial charge >= 0.3 is 5.97 Å². The highest BCUT2D eigenvalue weighted by Gasteiger charge is 2.46. The molecule has 252 valence electrons. The van der Waals surface area contributed by atoms with E-state index in [2.05, 4.69) is 38.7 Å². The number of nitrogens with zero attached hydrogens (tertiary/aromatic N) is 2. The number of hydrogen-bond donors (Lipinski definition) is 1. The fourth-order valence-corrected chi connectivity index (χ4v) is 11.3. The van der Waals surface area contributed by atoms with Crippen molar-refractivity contribution in [3.63, 3.8) is 0 Å². The number of carboxylic acid groups (broad SMARTS) is 1. The minimum atomic E-state index is -3.42. The molecule has 4 aromatic rings. The first-order valence-corrected chi connectivity index (χ1v) is 19.4. The van der Waals surface area contributed by atoms with Crippen molar-refractivity contribution in [1.29, 1.82) is 0 Å². The topological polar surface area (TPSA) is 102 Å². The predicted octanol–water partition coefficient (Wildman–Crippen LogP) is 10.5. The van der Waals surface area contributed by atoms with Crippen molar-refractivity contribution < 1.29 is 28.1 Å². The van der Waals surface area contributed by atoms with Crippen LogP contribution in [0.2, 0.25) is 0 Å². The Balaban J connectivity index is 1.33. The van der Waals surface area contributed by atoms with E-state index in [0.717, 1.165) is 65.0 Å². The third kappa shape index (κ3) is 7.10. The molecule has 2 atom stereocenters. The van der Waals surface area contributed by atoms with Crippen molar-refractivity contribution in [1.82, 2.24) is 4.98 Å². The van der Waals surface area contributed by atoms with Gasteiger partial charge in [-0.2, -0.15) is 0 Å². The Morgan fingerprint density at radius 2 is 1.72 bits per heavy atom. The van der Waals surface area contributed by atoms with Gasteiger partial charge in [-0.05, 0) is 86.0 Å². The number of pyridine rings is 1. The largest absolute Gasteiger partial charge is 0.477 e. The van der Waals surface area contributed by atoms with Crippen LogP contribution in [0, 0.1) is 11.8 Å². The zero-order valence-electron chi connectivity index (χ0n) is 28.1. The summed E-state index contributed by atoms with van der Waals surface area (Å²) in [7, 11) is -1.90. The first kappa shape index (κ1) is 33.9. The van der Waals surface area contributed by atoms with Gasteiger partial charge in [0.1, 0.15) is 16.2 Å². The van der Waals surface area contributed by atoms with Crippen LogP contribution < -0.4 is 4.67 Å². The molecule has 1 saturated carbocycles. The van der Waals surface area contributed by atoms with Crippen molar-refractivity contribution in [2.24, 2.45) is 11.8 Å². The minimum absolute atomic E-state index is 0.132. The van der Waals surface area contributed by atoms with Crippen molar-refractivity contribution in [2.75, 3.05) is 25.0 Å². The van der Waals surface area contributed by atoms with Gasteiger partial charge in [-0.25, -0.2) is 4.79 Å². The predicted molar refractivity (Wildman–Crippen MR) is 190 cm³/mol. The second-order valence-electron chi connectivity index (χ2n) is 13.8. The number of aromatic carboxylic acids is 1. The number of furan rings is 1. The number of aromatic nitrogens is 1. The second kappa shape index (κ2) is 14.3. The van der Waals surface area contributed by atoms with Crippen LogP contribution in [0.3, 0.4) is 0 Å². The van der Waals surface area contributed by atoms with E-state index in [9.17, 15) is 9.90 Å². The molecule has 2 aliphatic rings. The molecule has 0 bridgehead atoms. The van der Waals surface area contributed by atoms with Crippen LogP contribution in [0.25, 0.3) is 32.9 Å². The Morgan fingerprint density at radius 1 is 1.04 bits per heavy atom. The number of thiophene rings is 1. The Morgan fingerprint density at radius 3 is 2.36 bits per heavy atom. The number of hydrogen-bond acceptors (Lipinski definition) is 7. The first-order chi connectivity index (χ1) is 22.6. The third-order valence-electron chi connectivity index (χ3n) is 9.94. The Hall–Kier alpha value is -2.97. The lowest BCUT2D eigenvalue weighted by atomic mass is 9.91. The van der Waals surface area contributed by atoms with Gasteiger partial charge < -0.3 is 18.8 Å². The number of anilines is 1. The highest BCUT2D eigenvalue weighted by molar-refractivity contribution is 7.61. The molecule has 2 fully saturated rings. The maximum Gasteiger partial charge on any atom is 0.348 e. The average Bonchev–Trinajstić information content (AvgIpc) is 3.70. The van der Waals surface area contributed by atoms with Crippen molar-refractivity contribution in [3.8, 4) is 21.8 Å². The summed E-state index contributed by atoms with van der Waals surface area (Å²) in [6, 6.07) is 13.8. The molecule has 6 rings (SSSR count). The maximum atomic E-state index is 15.0. The SMILES string of the molecule is COP(=O)(C1CCC(C)CC1)N(c1cc(-c2ccc(-c3cc4ncc(C(C)CC(C)C)cc4o3)cc2)sc1C(=O)O)C1CCOCC1. The number of carboxylic acids is 1. The van der Waals surface area contributed by atoms with Crippen LogP contribution >= 0.6 is 18.9 Å². The summed E-state index contributed by atoms with van der Waals surface area (Å²) in [4.78, 5) is 18.4. The van der Waals surface area contributed by atoms with Gasteiger partial charge in [0.15, 0.2) is 5.58 Å². The molecule has 1 aromatic carbocycles. The second-order valence-corrected chi connectivity index (χ2v) is 17.6. The number of benzene rings is 1. The van der Waals surface area contributed by atoms with E-state index in [-0.39, 0.29) is 16.6 Å². The monoisotopic (exact) mass is 678 g/mol. The third-order valence-corrected chi connectivity index (χ3v) is 14.2. The zero-order valence-corrected chi connectivity index (χ0v) is 29.8. The molecule has 0 spiro atoms. The van der Waals surface area contributed by atoms with Gasteiger partial charge in [-0.15, -0.1) is 11.3 Å². The lowest BCUT2D eigenvalue weighted by molar-refractivity contribution is 0.0702. The highest BCUT2D eigenvalue weighted by atomic mass is 32.1. The quantitative estimate of drug-likeness (QED) is 0.156. The number of fused-ring (bicyclic) bond motifs is 1. The lowest BCUT2D eigenvalue weighted by Gasteiger charge is -2.44. The van der Waals surface area contributed by atoms with Crippen LogP contribution in [0.5, 0.6) is 0 Å². The van der Waals surface area contributed by atoms with Crippen molar-refractivity contribution >= 4 is 41.6 Å². The van der Waals surface area contributed by atoms with E-state index in [0.29, 0.717) is 49.5 Å². The summed E-state index contributed by atoms with van der Waals surface area (Å²) in [5, 5.41) is 10.4. The zero-order chi connectivity index (χ0) is 33.3. The van der Waals surface area contributed by atoms with Gasteiger partial charge in [-0.1, -0.05) is 52.0 Å². The van der Waals surface area contributed by atoms with Gasteiger partial charge in [0, 0.05) is 49.1 Å². The molecule has 2 unspecified atom stereocenters. The molecule has 0 amide bonds. The molecule has 47 heavy (non-hydrogen) atoms. The first-order valence-electron chi connectivity index (χ1n) is 17.0. The van der Waals surface area contributed by atoms with E-state index in [1.165, 1.54) is 24.0 Å². The van der Waals surface area contributed by atoms with Gasteiger partial charge in [-0.3, -0.25) is 14.2 Å². The van der Waals surface area contributed by atoms with Crippen LogP contribution in [0.4, 0.5) is 5.69 Å². The lowest BCUT2D eigenvalue weighted by Crippen LogP contribution is -2.41. The van der Waals surface area contributed by atoms with E-state index < -0.39 is 13.5 Å². The van der Waals surface area contributed by atoms with E-state index in [1.54, 1.807) is 0 Å². The summed E-state index contributed by atoms with van der Waals surface area (Å²) in [6.07, 6.45) is 7.97. The number of carbonyl (C=O) groups is 1. The summed E-state index contributed by atoms with van der Waals surface area (Å²) >= 11 is 1.22. The van der Waals surface area contributed by atoms with Crippen LogP contribution in [-0.4, -0.2) is 48.1 Å². The van der Waals surface area contributed by atoms with Gasteiger partial charge in [0.25, 0.3) is 7.52 Å². The van der Waals surface area contributed by atoms with Gasteiger partial charge in [0.05, 0.1) is 11.3 Å². The van der Waals surface area contributed by atoms with E-state index in [4.69, 9.17) is 13.7 Å². The van der Waals surface area contributed by atoms with Crippen molar-refractivity contribution in [3.05, 3.63) is 59.1 Å². The molecular formula is C37H47N2O6PS. The molecule has 10 heteroatoms. The highest BCUT2D eigenvalue weighted by Crippen LogP contribution is 2.63. The standard InChI is InChI=1S/C37H47N2O6PS/c1-23(2)18-25(4)28-19-34-31(38-22-28)20-33(45-34)26-8-10-27(11-9-26)35-21-32(36(47-35)37(40)41)39(29-14-16-44-17-15-29)46(42,43-5)30-12-6-24(3)7-13-30/h8-11,19-25,29-30H,6-7,12-18H2,1-5H3,(H,40,41).